The van der Waals surface area contributed by atoms with E-state index in [0.29, 0.717) is 6.54 Å². The Bertz CT molecular complexity index is 482. The molecule has 0 saturated carbocycles. The number of ether oxygens (including phenoxy) is 1. The van der Waals surface area contributed by atoms with Crippen LogP contribution in [0.2, 0.25) is 0 Å². The van der Waals surface area contributed by atoms with Crippen LogP contribution in [0.3, 0.4) is 0 Å². The third kappa shape index (κ3) is 1.80. The van der Waals surface area contributed by atoms with Gasteiger partial charge in [-0.3, -0.25) is 4.79 Å². The van der Waals surface area contributed by atoms with E-state index in [0.717, 1.165) is 29.2 Å². The highest BCUT2D eigenvalue weighted by Crippen LogP contribution is 2.29. The molecule has 0 unspecified atom stereocenters. The van der Waals surface area contributed by atoms with Gasteiger partial charge in [-0.05, 0) is 41.1 Å². The number of amides is 1. The van der Waals surface area contributed by atoms with Crippen LogP contribution in [0.1, 0.15) is 11.1 Å². The summed E-state index contributed by atoms with van der Waals surface area (Å²) < 4.78 is 5.45. The van der Waals surface area contributed by atoms with E-state index in [-0.39, 0.29) is 5.24 Å². The van der Waals surface area contributed by atoms with Crippen LogP contribution in [-0.4, -0.2) is 18.4 Å². The number of carbonyl (C=O) groups excluding carboxylic acids is 1. The zero-order valence-corrected chi connectivity index (χ0v) is 9.47. The molecule has 3 rings (SSSR count). The second-order valence-corrected chi connectivity index (χ2v) is 4.92. The molecular weight excluding hydrogens is 222 g/mol. The molecular formula is C12H11NO2S. The first-order chi connectivity index (χ1) is 7.81. The van der Waals surface area contributed by atoms with Gasteiger partial charge in [0.15, 0.2) is 0 Å². The number of benzene rings is 1. The van der Waals surface area contributed by atoms with Crippen molar-refractivity contribution in [3.05, 3.63) is 34.2 Å². The topological polar surface area (TPSA) is 38.3 Å². The van der Waals surface area contributed by atoms with E-state index in [1.165, 1.54) is 17.3 Å². The van der Waals surface area contributed by atoms with Crippen molar-refractivity contribution in [2.45, 2.75) is 6.42 Å². The maximum absolute atomic E-state index is 11.0. The van der Waals surface area contributed by atoms with Gasteiger partial charge in [0, 0.05) is 11.3 Å². The van der Waals surface area contributed by atoms with Crippen molar-refractivity contribution in [2.24, 2.45) is 0 Å². The molecule has 0 aromatic heterocycles. The van der Waals surface area contributed by atoms with Gasteiger partial charge in [0.1, 0.15) is 5.75 Å². The van der Waals surface area contributed by atoms with E-state index < -0.39 is 0 Å². The zero-order chi connectivity index (χ0) is 11.0. The molecule has 2 heterocycles. The van der Waals surface area contributed by atoms with Gasteiger partial charge in [-0.1, -0.05) is 6.07 Å². The molecule has 0 aliphatic carbocycles. The highest BCUT2D eigenvalue weighted by molar-refractivity contribution is 8.17. The van der Waals surface area contributed by atoms with Gasteiger partial charge in [0.05, 0.1) is 13.2 Å². The van der Waals surface area contributed by atoms with Crippen LogP contribution in [0.15, 0.2) is 23.1 Å². The molecule has 3 nitrogen and oxygen atoms in total. The third-order valence-electron chi connectivity index (χ3n) is 2.67. The molecule has 2 aliphatic heterocycles. The molecule has 0 spiro atoms. The molecule has 1 aromatic rings. The van der Waals surface area contributed by atoms with Crippen LogP contribution in [0.5, 0.6) is 5.75 Å². The molecule has 1 aromatic carbocycles. The van der Waals surface area contributed by atoms with E-state index in [1.54, 1.807) is 0 Å². The fourth-order valence-corrected chi connectivity index (χ4v) is 2.64. The first-order valence-electron chi connectivity index (χ1n) is 5.23. The quantitative estimate of drug-likeness (QED) is 0.809. The predicted molar refractivity (Wildman–Crippen MR) is 64.6 cm³/mol. The van der Waals surface area contributed by atoms with Gasteiger partial charge < -0.3 is 10.1 Å². The van der Waals surface area contributed by atoms with Crippen molar-refractivity contribution in [3.63, 3.8) is 0 Å². The highest BCUT2D eigenvalue weighted by Gasteiger charge is 2.16. The van der Waals surface area contributed by atoms with Gasteiger partial charge in [0.2, 0.25) is 0 Å². The first-order valence-corrected chi connectivity index (χ1v) is 6.05. The van der Waals surface area contributed by atoms with E-state index in [1.807, 2.05) is 12.1 Å². The Morgan fingerprint density at radius 3 is 3.19 bits per heavy atom. The average Bonchev–Trinajstić information content (AvgIpc) is 2.87. The van der Waals surface area contributed by atoms with E-state index in [9.17, 15) is 4.79 Å². The fourth-order valence-electron chi connectivity index (χ4n) is 1.91. The van der Waals surface area contributed by atoms with Crippen molar-refractivity contribution >= 4 is 23.1 Å². The van der Waals surface area contributed by atoms with Gasteiger partial charge in [0.25, 0.3) is 5.24 Å². The minimum Gasteiger partial charge on any atom is -0.493 e. The van der Waals surface area contributed by atoms with Crippen LogP contribution in [0.25, 0.3) is 6.08 Å². The normalized spacial score (nSPS) is 20.8. The third-order valence-corrected chi connectivity index (χ3v) is 3.53. The molecule has 16 heavy (non-hydrogen) atoms. The van der Waals surface area contributed by atoms with Crippen molar-refractivity contribution in [1.82, 2.24) is 5.32 Å². The predicted octanol–water partition coefficient (Wildman–Crippen LogP) is 2.42. The molecule has 82 valence electrons. The molecule has 1 fully saturated rings. The van der Waals surface area contributed by atoms with Crippen LogP contribution in [0.4, 0.5) is 4.79 Å². The number of hydrogen-bond donors (Lipinski definition) is 1. The van der Waals surface area contributed by atoms with Crippen molar-refractivity contribution in [3.8, 4) is 5.75 Å². The van der Waals surface area contributed by atoms with Crippen LogP contribution < -0.4 is 10.1 Å². The largest absolute Gasteiger partial charge is 0.493 e. The second-order valence-electron chi connectivity index (χ2n) is 3.82. The van der Waals surface area contributed by atoms with Gasteiger partial charge in [-0.15, -0.1) is 0 Å². The van der Waals surface area contributed by atoms with E-state index >= 15 is 0 Å². The molecule has 4 heteroatoms. The molecule has 2 aliphatic rings. The Morgan fingerprint density at radius 2 is 2.38 bits per heavy atom. The average molecular weight is 233 g/mol. The standard InChI is InChI=1S/C12H11NO2S/c14-12-13-7-10(16-12)6-8-1-2-11-9(5-8)3-4-15-11/h1-2,5-6H,3-4,7H2,(H,13,14). The van der Waals surface area contributed by atoms with Crippen LogP contribution in [-0.2, 0) is 6.42 Å². The summed E-state index contributed by atoms with van der Waals surface area (Å²) >= 11 is 1.27. The molecule has 0 bridgehead atoms. The first kappa shape index (κ1) is 9.78. The number of fused-ring (bicyclic) bond motifs is 1. The maximum atomic E-state index is 11.0. The smallest absolute Gasteiger partial charge is 0.283 e. The molecule has 0 radical (unpaired) electrons. The lowest BCUT2D eigenvalue weighted by Gasteiger charge is -2.00. The van der Waals surface area contributed by atoms with Crippen molar-refractivity contribution in [1.29, 1.82) is 0 Å². The summed E-state index contributed by atoms with van der Waals surface area (Å²) in [5.74, 6) is 0.996. The number of carbonyl (C=O) groups is 1. The van der Waals surface area contributed by atoms with E-state index in [4.69, 9.17) is 4.74 Å². The second kappa shape index (κ2) is 3.87. The summed E-state index contributed by atoms with van der Waals surface area (Å²) in [4.78, 5) is 12.1. The Morgan fingerprint density at radius 1 is 1.44 bits per heavy atom. The fraction of sp³-hybridized carbons (Fsp3) is 0.250. The summed E-state index contributed by atoms with van der Waals surface area (Å²) in [6, 6.07) is 6.17. The number of nitrogens with one attached hydrogen (secondary N) is 1. The van der Waals surface area contributed by atoms with Gasteiger partial charge in [-0.25, -0.2) is 0 Å². The SMILES string of the molecule is O=C1NCC(=Cc2ccc3c(c2)CCO3)S1. The highest BCUT2D eigenvalue weighted by atomic mass is 32.2. The number of hydrogen-bond acceptors (Lipinski definition) is 3. The number of rotatable bonds is 1. The summed E-state index contributed by atoms with van der Waals surface area (Å²) in [5, 5.41) is 2.81. The molecule has 0 atom stereocenters. The van der Waals surface area contributed by atoms with Crippen molar-refractivity contribution in [2.75, 3.05) is 13.2 Å². The lowest BCUT2D eigenvalue weighted by atomic mass is 10.1. The molecule has 1 saturated heterocycles. The summed E-state index contributed by atoms with van der Waals surface area (Å²) in [6.07, 6.45) is 3.04. The van der Waals surface area contributed by atoms with Crippen LogP contribution >= 0.6 is 11.8 Å². The molecule has 1 N–H and O–H groups in total. The van der Waals surface area contributed by atoms with Crippen molar-refractivity contribution < 1.29 is 9.53 Å². The lowest BCUT2D eigenvalue weighted by Crippen LogP contribution is -2.09. The zero-order valence-electron chi connectivity index (χ0n) is 8.66. The number of thioether (sulfide) groups is 1. The maximum Gasteiger partial charge on any atom is 0.283 e. The monoisotopic (exact) mass is 233 g/mol. The summed E-state index contributed by atoms with van der Waals surface area (Å²) in [5.41, 5.74) is 2.40. The van der Waals surface area contributed by atoms with Crippen LogP contribution in [0, 0.1) is 0 Å². The summed E-state index contributed by atoms with van der Waals surface area (Å²) in [7, 11) is 0. The Kier molecular flexibility index (Phi) is 2.36. The minimum absolute atomic E-state index is 0.0377. The molecule has 1 amide bonds. The Labute approximate surface area is 97.9 Å². The van der Waals surface area contributed by atoms with E-state index in [2.05, 4.69) is 17.5 Å². The Balaban J connectivity index is 1.88. The summed E-state index contributed by atoms with van der Waals surface area (Å²) in [6.45, 7) is 1.43. The Hall–Kier alpha value is -1.42. The minimum atomic E-state index is 0.0377. The lowest BCUT2D eigenvalue weighted by molar-refractivity contribution is 0.262. The van der Waals surface area contributed by atoms with Gasteiger partial charge in [-0.2, -0.15) is 0 Å². The van der Waals surface area contributed by atoms with Gasteiger partial charge >= 0.3 is 0 Å².